The van der Waals surface area contributed by atoms with Crippen LogP contribution in [0, 0.1) is 0 Å². The molecule has 2 heterocycles. The Morgan fingerprint density at radius 1 is 1.20 bits per heavy atom. The molecule has 0 bridgehead atoms. The Labute approximate surface area is 123 Å². The van der Waals surface area contributed by atoms with Crippen LogP contribution in [-0.2, 0) is 12.0 Å². The molecule has 1 N–H and O–H groups in total. The van der Waals surface area contributed by atoms with Crippen LogP contribution in [0.4, 0.5) is 5.82 Å². The number of rotatable bonds is 5. The summed E-state index contributed by atoms with van der Waals surface area (Å²) >= 11 is 0. The van der Waals surface area contributed by atoms with Crippen molar-refractivity contribution >= 4 is 5.82 Å². The first kappa shape index (κ1) is 15.3. The highest BCUT2D eigenvalue weighted by Gasteiger charge is 2.20. The lowest BCUT2D eigenvalue weighted by Crippen LogP contribution is -2.23. The predicted molar refractivity (Wildman–Crippen MR) is 86.4 cm³/mol. The molecule has 1 aliphatic heterocycles. The van der Waals surface area contributed by atoms with E-state index in [2.05, 4.69) is 50.0 Å². The van der Waals surface area contributed by atoms with Crippen LogP contribution in [0.15, 0.2) is 12.1 Å². The maximum atomic E-state index is 4.91. The van der Waals surface area contributed by atoms with Gasteiger partial charge in [-0.3, -0.25) is 0 Å². The Morgan fingerprint density at radius 2 is 1.90 bits per heavy atom. The van der Waals surface area contributed by atoms with Crippen LogP contribution in [0.1, 0.15) is 58.2 Å². The summed E-state index contributed by atoms with van der Waals surface area (Å²) in [5.41, 5.74) is 2.67. The minimum absolute atomic E-state index is 0.106. The molecule has 1 aromatic heterocycles. The van der Waals surface area contributed by atoms with Gasteiger partial charge in [0.1, 0.15) is 5.82 Å². The number of pyridine rings is 1. The van der Waals surface area contributed by atoms with Gasteiger partial charge in [0, 0.05) is 30.7 Å². The number of nitrogens with zero attached hydrogens (tertiary/aromatic N) is 2. The second-order valence-corrected chi connectivity index (χ2v) is 6.84. The molecule has 1 aromatic rings. The van der Waals surface area contributed by atoms with Crippen LogP contribution in [0.2, 0.25) is 0 Å². The van der Waals surface area contributed by atoms with E-state index in [1.165, 1.54) is 36.3 Å². The summed E-state index contributed by atoms with van der Waals surface area (Å²) in [5, 5.41) is 3.50. The van der Waals surface area contributed by atoms with Crippen LogP contribution in [-0.4, -0.2) is 24.6 Å². The quantitative estimate of drug-likeness (QED) is 0.834. The molecule has 2 rings (SSSR count). The highest BCUT2D eigenvalue weighted by molar-refractivity contribution is 5.44. The van der Waals surface area contributed by atoms with Gasteiger partial charge in [0.05, 0.1) is 0 Å². The Hall–Kier alpha value is -1.09. The smallest absolute Gasteiger partial charge is 0.129 e. The predicted octanol–water partition coefficient (Wildman–Crippen LogP) is 3.48. The van der Waals surface area contributed by atoms with Crippen molar-refractivity contribution in [3.8, 4) is 0 Å². The van der Waals surface area contributed by atoms with Gasteiger partial charge in [-0.1, -0.05) is 27.7 Å². The fourth-order valence-corrected chi connectivity index (χ4v) is 2.58. The topological polar surface area (TPSA) is 28.2 Å². The number of anilines is 1. The van der Waals surface area contributed by atoms with Gasteiger partial charge < -0.3 is 10.2 Å². The van der Waals surface area contributed by atoms with E-state index in [4.69, 9.17) is 4.98 Å². The van der Waals surface area contributed by atoms with Gasteiger partial charge in [0.25, 0.3) is 0 Å². The Balaban J connectivity index is 2.23. The largest absolute Gasteiger partial charge is 0.357 e. The fourth-order valence-electron chi connectivity index (χ4n) is 2.58. The molecule has 0 saturated carbocycles. The molecule has 112 valence electrons. The standard InChI is InChI=1S/C17H29N3/c1-5-8-18-13-14-11-15(17(2,3)4)19-16(12-14)20-9-6-7-10-20/h11-12,18H,5-10,13H2,1-4H3. The molecule has 0 aliphatic carbocycles. The van der Waals surface area contributed by atoms with E-state index in [9.17, 15) is 0 Å². The van der Waals surface area contributed by atoms with E-state index in [0.717, 1.165) is 26.2 Å². The summed E-state index contributed by atoms with van der Waals surface area (Å²) < 4.78 is 0. The first-order valence-corrected chi connectivity index (χ1v) is 7.98. The molecule has 0 unspecified atom stereocenters. The first-order valence-electron chi connectivity index (χ1n) is 7.98. The molecule has 0 amide bonds. The minimum Gasteiger partial charge on any atom is -0.357 e. The molecule has 0 atom stereocenters. The van der Waals surface area contributed by atoms with Gasteiger partial charge in [-0.2, -0.15) is 0 Å². The third-order valence-corrected chi connectivity index (χ3v) is 3.83. The average molecular weight is 275 g/mol. The van der Waals surface area contributed by atoms with E-state index < -0.39 is 0 Å². The van der Waals surface area contributed by atoms with Crippen LogP contribution in [0.5, 0.6) is 0 Å². The lowest BCUT2D eigenvalue weighted by Gasteiger charge is -2.24. The van der Waals surface area contributed by atoms with Crippen LogP contribution in [0.3, 0.4) is 0 Å². The fraction of sp³-hybridized carbons (Fsp3) is 0.706. The lowest BCUT2D eigenvalue weighted by atomic mass is 9.90. The average Bonchev–Trinajstić information content (AvgIpc) is 2.91. The third kappa shape index (κ3) is 3.95. The van der Waals surface area contributed by atoms with Crippen molar-refractivity contribution in [1.29, 1.82) is 0 Å². The van der Waals surface area contributed by atoms with Crippen molar-refractivity contribution in [2.75, 3.05) is 24.5 Å². The molecule has 0 aromatic carbocycles. The van der Waals surface area contributed by atoms with Gasteiger partial charge in [-0.15, -0.1) is 0 Å². The third-order valence-electron chi connectivity index (χ3n) is 3.83. The number of hydrogen-bond acceptors (Lipinski definition) is 3. The van der Waals surface area contributed by atoms with Crippen molar-refractivity contribution in [1.82, 2.24) is 10.3 Å². The molecule has 1 aliphatic rings. The van der Waals surface area contributed by atoms with Crippen LogP contribution >= 0.6 is 0 Å². The second kappa shape index (κ2) is 6.57. The van der Waals surface area contributed by atoms with E-state index in [0.29, 0.717) is 0 Å². The molecule has 3 nitrogen and oxygen atoms in total. The van der Waals surface area contributed by atoms with Gasteiger partial charge in [-0.05, 0) is 43.5 Å². The number of hydrogen-bond donors (Lipinski definition) is 1. The van der Waals surface area contributed by atoms with Gasteiger partial charge in [0.2, 0.25) is 0 Å². The maximum absolute atomic E-state index is 4.91. The number of aromatic nitrogens is 1. The van der Waals surface area contributed by atoms with E-state index in [-0.39, 0.29) is 5.41 Å². The van der Waals surface area contributed by atoms with Crippen LogP contribution in [0.25, 0.3) is 0 Å². The van der Waals surface area contributed by atoms with E-state index in [1.807, 2.05) is 0 Å². The lowest BCUT2D eigenvalue weighted by molar-refractivity contribution is 0.565. The molecule has 1 saturated heterocycles. The molecule has 0 spiro atoms. The van der Waals surface area contributed by atoms with Crippen molar-refractivity contribution < 1.29 is 0 Å². The molecule has 3 heteroatoms. The Bertz CT molecular complexity index is 428. The minimum atomic E-state index is 0.106. The maximum Gasteiger partial charge on any atom is 0.129 e. The van der Waals surface area contributed by atoms with E-state index in [1.54, 1.807) is 0 Å². The van der Waals surface area contributed by atoms with Gasteiger partial charge >= 0.3 is 0 Å². The van der Waals surface area contributed by atoms with Crippen LogP contribution < -0.4 is 10.2 Å². The van der Waals surface area contributed by atoms with Crippen molar-refractivity contribution in [2.45, 2.75) is 58.9 Å². The monoisotopic (exact) mass is 275 g/mol. The zero-order chi connectivity index (χ0) is 14.6. The van der Waals surface area contributed by atoms with Crippen molar-refractivity contribution in [2.24, 2.45) is 0 Å². The summed E-state index contributed by atoms with van der Waals surface area (Å²) in [7, 11) is 0. The van der Waals surface area contributed by atoms with E-state index >= 15 is 0 Å². The zero-order valence-corrected chi connectivity index (χ0v) is 13.5. The number of nitrogens with one attached hydrogen (secondary N) is 1. The normalized spacial score (nSPS) is 15.9. The van der Waals surface area contributed by atoms with Gasteiger partial charge in [-0.25, -0.2) is 4.98 Å². The molecular formula is C17H29N3. The molecule has 1 fully saturated rings. The SMILES string of the molecule is CCCNCc1cc(N2CCCC2)nc(C(C)(C)C)c1. The second-order valence-electron chi connectivity index (χ2n) is 6.84. The highest BCUT2D eigenvalue weighted by Crippen LogP contribution is 2.26. The van der Waals surface area contributed by atoms with Crippen molar-refractivity contribution in [3.63, 3.8) is 0 Å². The summed E-state index contributed by atoms with van der Waals surface area (Å²) in [6, 6.07) is 4.53. The first-order chi connectivity index (χ1) is 9.50. The summed E-state index contributed by atoms with van der Waals surface area (Å²) in [4.78, 5) is 7.34. The van der Waals surface area contributed by atoms with Gasteiger partial charge in [0.15, 0.2) is 0 Å². The summed E-state index contributed by atoms with van der Waals surface area (Å²) in [5.74, 6) is 1.17. The molecular weight excluding hydrogens is 246 g/mol. The Morgan fingerprint density at radius 3 is 2.50 bits per heavy atom. The molecule has 0 radical (unpaired) electrons. The zero-order valence-electron chi connectivity index (χ0n) is 13.5. The molecule has 20 heavy (non-hydrogen) atoms. The highest BCUT2D eigenvalue weighted by atomic mass is 15.2. The Kier molecular flexibility index (Phi) is 5.03. The summed E-state index contributed by atoms with van der Waals surface area (Å²) in [6.07, 6.45) is 3.77. The summed E-state index contributed by atoms with van der Waals surface area (Å²) in [6.45, 7) is 13.3. The van der Waals surface area contributed by atoms with Crippen molar-refractivity contribution in [3.05, 3.63) is 23.4 Å².